The highest BCUT2D eigenvalue weighted by molar-refractivity contribution is 8.00. The third kappa shape index (κ3) is 5.20. The van der Waals surface area contributed by atoms with E-state index in [-0.39, 0.29) is 23.3 Å². The molecule has 1 aromatic heterocycles. The zero-order chi connectivity index (χ0) is 31.9. The summed E-state index contributed by atoms with van der Waals surface area (Å²) in [7, 11) is 0. The van der Waals surface area contributed by atoms with Crippen LogP contribution in [0.3, 0.4) is 0 Å². The smallest absolute Gasteiger partial charge is 0.338 e. The van der Waals surface area contributed by atoms with Crippen LogP contribution in [0.4, 0.5) is 5.69 Å². The lowest BCUT2D eigenvalue weighted by atomic mass is 10.0. The van der Waals surface area contributed by atoms with Crippen LogP contribution < -0.4 is 10.5 Å². The predicted octanol–water partition coefficient (Wildman–Crippen LogP) is 5.45. The number of thioether (sulfide) groups is 1. The Labute approximate surface area is 267 Å². The molecule has 0 bridgehead atoms. The molecule has 2 amide bonds. The summed E-state index contributed by atoms with van der Waals surface area (Å²) in [6, 6.07) is 26.6. The number of Topliss-reactive ketones (excluding diaryl/α,β-unsaturated/α-hetero) is 1. The standard InChI is InChI=1S/C36H27N3O6S/c1-2-38-33(42)28-9-5-6-10-29(28)37-36(38)46-31-19-32(41)39(34(31)43)25-14-11-21(12-15-25)35(44)45-20-30(40)23-13-16-27-24(18-23)17-22-7-3-4-8-26(22)27/h3-16,18,31H,2,17,19-20H2,1H3. The molecule has 1 saturated heterocycles. The number of anilines is 1. The lowest BCUT2D eigenvalue weighted by molar-refractivity contribution is -0.121. The average Bonchev–Trinajstić information content (AvgIpc) is 3.58. The molecule has 7 rings (SSSR count). The fourth-order valence-electron chi connectivity index (χ4n) is 5.97. The zero-order valence-electron chi connectivity index (χ0n) is 24.8. The number of imide groups is 1. The maximum absolute atomic E-state index is 13.4. The van der Waals surface area contributed by atoms with E-state index in [2.05, 4.69) is 17.1 Å². The van der Waals surface area contributed by atoms with Gasteiger partial charge in [-0.1, -0.05) is 60.3 Å². The molecule has 0 N–H and O–H groups in total. The van der Waals surface area contributed by atoms with E-state index in [0.717, 1.165) is 34.2 Å². The molecule has 2 aliphatic rings. The van der Waals surface area contributed by atoms with Gasteiger partial charge in [-0.3, -0.25) is 23.7 Å². The first-order chi connectivity index (χ1) is 22.3. The molecule has 0 saturated carbocycles. The number of carbonyl (C=O) groups is 4. The minimum Gasteiger partial charge on any atom is -0.454 e. The fraction of sp³-hybridized carbons (Fsp3) is 0.167. The molecule has 1 atom stereocenters. The number of fused-ring (bicyclic) bond motifs is 4. The number of carbonyl (C=O) groups excluding carboxylic acids is 4. The monoisotopic (exact) mass is 629 g/mol. The van der Waals surface area contributed by atoms with Crippen molar-refractivity contribution in [2.24, 2.45) is 0 Å². The second kappa shape index (κ2) is 11.9. The van der Waals surface area contributed by atoms with Gasteiger partial charge in [0.2, 0.25) is 11.8 Å². The van der Waals surface area contributed by atoms with E-state index < -0.39 is 29.6 Å². The van der Waals surface area contributed by atoms with Gasteiger partial charge in [0.25, 0.3) is 5.56 Å². The molecule has 1 aliphatic heterocycles. The van der Waals surface area contributed by atoms with Crippen molar-refractivity contribution < 1.29 is 23.9 Å². The Balaban J connectivity index is 1.00. The molecule has 1 unspecified atom stereocenters. The van der Waals surface area contributed by atoms with Crippen LogP contribution in [0.25, 0.3) is 22.0 Å². The van der Waals surface area contributed by atoms with E-state index >= 15 is 0 Å². The van der Waals surface area contributed by atoms with E-state index in [1.165, 1.54) is 40.0 Å². The number of benzene rings is 4. The first kappa shape index (κ1) is 29.4. The minimum absolute atomic E-state index is 0.0589. The first-order valence-corrected chi connectivity index (χ1v) is 15.7. The quantitative estimate of drug-likeness (QED) is 0.0945. The van der Waals surface area contributed by atoms with Crippen molar-refractivity contribution in [3.63, 3.8) is 0 Å². The number of hydrogen-bond acceptors (Lipinski definition) is 8. The van der Waals surface area contributed by atoms with Crippen LogP contribution in [0.1, 0.15) is 45.2 Å². The number of esters is 1. The van der Waals surface area contributed by atoms with Gasteiger partial charge >= 0.3 is 5.97 Å². The van der Waals surface area contributed by atoms with Crippen molar-refractivity contribution >= 4 is 51.9 Å². The van der Waals surface area contributed by atoms with E-state index in [4.69, 9.17) is 4.74 Å². The zero-order valence-corrected chi connectivity index (χ0v) is 25.6. The van der Waals surface area contributed by atoms with E-state index in [1.807, 2.05) is 31.2 Å². The summed E-state index contributed by atoms with van der Waals surface area (Å²) in [6.07, 6.45) is 0.691. The summed E-state index contributed by atoms with van der Waals surface area (Å²) in [6.45, 7) is 1.77. The Morgan fingerprint density at radius 1 is 0.870 bits per heavy atom. The van der Waals surface area contributed by atoms with E-state index in [0.29, 0.717) is 33.9 Å². The topological polar surface area (TPSA) is 116 Å². The third-order valence-electron chi connectivity index (χ3n) is 8.31. The number of aromatic nitrogens is 2. The van der Waals surface area contributed by atoms with Crippen LogP contribution in [-0.2, 0) is 27.3 Å². The Kier molecular flexibility index (Phi) is 7.58. The first-order valence-electron chi connectivity index (χ1n) is 14.9. The van der Waals surface area contributed by atoms with Crippen LogP contribution >= 0.6 is 11.8 Å². The van der Waals surface area contributed by atoms with Crippen LogP contribution in [-0.4, -0.2) is 45.0 Å². The molecule has 5 aromatic rings. The molecule has 4 aromatic carbocycles. The van der Waals surface area contributed by atoms with Crippen molar-refractivity contribution in [2.75, 3.05) is 11.5 Å². The molecule has 1 aliphatic carbocycles. The van der Waals surface area contributed by atoms with Crippen molar-refractivity contribution in [1.29, 1.82) is 0 Å². The summed E-state index contributed by atoms with van der Waals surface area (Å²) in [5, 5.41) is 0.0981. The molecule has 9 nitrogen and oxygen atoms in total. The van der Waals surface area contributed by atoms with Crippen molar-refractivity contribution in [3.05, 3.63) is 124 Å². The lowest BCUT2D eigenvalue weighted by Crippen LogP contribution is -2.31. The number of amides is 2. The highest BCUT2D eigenvalue weighted by Gasteiger charge is 2.41. The fourth-order valence-corrected chi connectivity index (χ4v) is 7.15. The average molecular weight is 630 g/mol. The Morgan fingerprint density at radius 3 is 2.39 bits per heavy atom. The second-order valence-electron chi connectivity index (χ2n) is 11.1. The molecule has 0 radical (unpaired) electrons. The molecule has 10 heteroatoms. The van der Waals surface area contributed by atoms with Gasteiger partial charge in [0.1, 0.15) is 5.25 Å². The highest BCUT2D eigenvalue weighted by Crippen LogP contribution is 2.37. The van der Waals surface area contributed by atoms with Crippen LogP contribution in [0, 0.1) is 0 Å². The number of para-hydroxylation sites is 1. The van der Waals surface area contributed by atoms with Gasteiger partial charge in [0, 0.05) is 18.5 Å². The normalized spacial score (nSPS) is 15.2. The number of hydrogen-bond donors (Lipinski definition) is 0. The van der Waals surface area contributed by atoms with E-state index in [1.54, 1.807) is 30.3 Å². The van der Waals surface area contributed by atoms with Gasteiger partial charge in [-0.15, -0.1) is 0 Å². The summed E-state index contributed by atoms with van der Waals surface area (Å²) < 4.78 is 6.81. The van der Waals surface area contributed by atoms with Crippen LogP contribution in [0.15, 0.2) is 101 Å². The predicted molar refractivity (Wildman–Crippen MR) is 174 cm³/mol. The molecular formula is C36H27N3O6S. The van der Waals surface area contributed by atoms with Gasteiger partial charge in [0.15, 0.2) is 17.5 Å². The molecule has 228 valence electrons. The van der Waals surface area contributed by atoms with Crippen LogP contribution in [0.5, 0.6) is 0 Å². The summed E-state index contributed by atoms with van der Waals surface area (Å²) in [4.78, 5) is 70.6. The Morgan fingerprint density at radius 2 is 1.59 bits per heavy atom. The molecule has 1 fully saturated rings. The largest absolute Gasteiger partial charge is 0.454 e. The van der Waals surface area contributed by atoms with Crippen molar-refractivity contribution in [2.45, 2.75) is 36.7 Å². The number of ketones is 1. The van der Waals surface area contributed by atoms with Gasteiger partial charge in [-0.2, -0.15) is 0 Å². The van der Waals surface area contributed by atoms with Crippen molar-refractivity contribution in [1.82, 2.24) is 9.55 Å². The highest BCUT2D eigenvalue weighted by atomic mass is 32.2. The summed E-state index contributed by atoms with van der Waals surface area (Å²) in [5.41, 5.74) is 5.84. The van der Waals surface area contributed by atoms with Gasteiger partial charge < -0.3 is 4.74 Å². The molecular weight excluding hydrogens is 602 g/mol. The summed E-state index contributed by atoms with van der Waals surface area (Å²) in [5.74, 6) is -1.83. The Hall–Kier alpha value is -5.35. The minimum atomic E-state index is -0.762. The number of nitrogens with zero attached hydrogens (tertiary/aromatic N) is 3. The molecule has 46 heavy (non-hydrogen) atoms. The van der Waals surface area contributed by atoms with Gasteiger partial charge in [0.05, 0.1) is 22.2 Å². The molecule has 0 spiro atoms. The maximum atomic E-state index is 13.4. The second-order valence-corrected chi connectivity index (χ2v) is 12.3. The Bertz CT molecular complexity index is 2140. The van der Waals surface area contributed by atoms with E-state index in [9.17, 15) is 24.0 Å². The molecule has 2 heterocycles. The van der Waals surface area contributed by atoms with Crippen molar-refractivity contribution in [3.8, 4) is 11.1 Å². The number of ether oxygens (including phenoxy) is 1. The van der Waals surface area contributed by atoms with Crippen LogP contribution in [0.2, 0.25) is 0 Å². The maximum Gasteiger partial charge on any atom is 0.338 e. The lowest BCUT2D eigenvalue weighted by Gasteiger charge is -2.16. The third-order valence-corrected chi connectivity index (χ3v) is 9.48. The van der Waals surface area contributed by atoms with Gasteiger partial charge in [-0.25, -0.2) is 14.7 Å². The number of rotatable bonds is 8. The SMILES string of the molecule is CCn1c(SC2CC(=O)N(c3ccc(C(=O)OCC(=O)c4ccc5c(c4)Cc4ccccc4-5)cc3)C2=O)nc2ccccc2c1=O. The van der Waals surface area contributed by atoms with Gasteiger partial charge in [-0.05, 0) is 78.1 Å². The summed E-state index contributed by atoms with van der Waals surface area (Å²) >= 11 is 1.09.